The molecule has 0 aliphatic carbocycles. The van der Waals surface area contributed by atoms with Crippen molar-refractivity contribution in [2.75, 3.05) is 32.8 Å². The molecule has 1 aliphatic heterocycles. The number of aliphatic hydroxyl groups excluding tert-OH is 1. The molecule has 1 atom stereocenters. The van der Waals surface area contributed by atoms with Crippen molar-refractivity contribution in [1.82, 2.24) is 14.0 Å². The molecule has 0 radical (unpaired) electrons. The van der Waals surface area contributed by atoms with E-state index in [0.717, 1.165) is 32.8 Å². The van der Waals surface area contributed by atoms with E-state index in [1.807, 2.05) is 0 Å². The van der Waals surface area contributed by atoms with Crippen molar-refractivity contribution >= 4 is 21.8 Å². The van der Waals surface area contributed by atoms with Crippen LogP contribution in [0.5, 0.6) is 0 Å². The summed E-state index contributed by atoms with van der Waals surface area (Å²) in [6.45, 7) is 8.39. The van der Waals surface area contributed by atoms with Gasteiger partial charge in [0.2, 0.25) is 0 Å². The van der Waals surface area contributed by atoms with Crippen molar-refractivity contribution in [3.8, 4) is 0 Å². The second kappa shape index (κ2) is 9.90. The largest absolute Gasteiger partial charge is 0.391 e. The van der Waals surface area contributed by atoms with Crippen molar-refractivity contribution in [3.05, 3.63) is 71.5 Å². The van der Waals surface area contributed by atoms with Crippen LogP contribution in [0, 0.1) is 13.8 Å². The van der Waals surface area contributed by atoms with E-state index >= 15 is 0 Å². The molecule has 3 heterocycles. The molecule has 1 unspecified atom stereocenters. The Morgan fingerprint density at radius 1 is 0.906 bits per heavy atom. The van der Waals surface area contributed by atoms with Gasteiger partial charge in [-0.05, 0) is 43.0 Å². The van der Waals surface area contributed by atoms with E-state index in [2.05, 4.69) is 96.6 Å². The van der Waals surface area contributed by atoms with Gasteiger partial charge in [0.05, 0.1) is 19.3 Å². The summed E-state index contributed by atoms with van der Waals surface area (Å²) in [4.78, 5) is 2.29. The minimum absolute atomic E-state index is 0.326. The van der Waals surface area contributed by atoms with Crippen LogP contribution in [0.4, 0.5) is 0 Å². The molecule has 4 aromatic rings. The maximum atomic E-state index is 10.5. The normalized spacial score (nSPS) is 15.7. The molecule has 5 heteroatoms. The van der Waals surface area contributed by atoms with Crippen LogP contribution in [0.25, 0.3) is 21.8 Å². The second-order valence-corrected chi connectivity index (χ2v) is 8.81. The SMILES string of the molecule is Cc1c(CC(O)CN2CCOCC2)c2ccccc2n1C.Cc1cc2ccccc2n1C. The molecule has 1 fully saturated rings. The van der Waals surface area contributed by atoms with E-state index in [1.165, 1.54) is 38.8 Å². The zero-order valence-corrected chi connectivity index (χ0v) is 19.7. The number of morpholine rings is 1. The van der Waals surface area contributed by atoms with E-state index in [4.69, 9.17) is 4.74 Å². The number of aromatic nitrogens is 2. The van der Waals surface area contributed by atoms with E-state index < -0.39 is 0 Å². The lowest BCUT2D eigenvalue weighted by Crippen LogP contribution is -2.41. The smallest absolute Gasteiger partial charge is 0.0708 e. The number of aliphatic hydroxyl groups is 1. The number of β-amino-alcohol motifs (C(OH)–C–C–N with tert-alkyl or cyclic N) is 1. The van der Waals surface area contributed by atoms with Crippen LogP contribution in [0.1, 0.15) is 17.0 Å². The average molecular weight is 434 g/mol. The summed E-state index contributed by atoms with van der Waals surface area (Å²) in [5.41, 5.74) is 6.38. The molecule has 2 aromatic heterocycles. The van der Waals surface area contributed by atoms with Crippen molar-refractivity contribution < 1.29 is 9.84 Å². The molecule has 1 saturated heterocycles. The van der Waals surface area contributed by atoms with E-state index in [9.17, 15) is 5.11 Å². The van der Waals surface area contributed by atoms with Crippen molar-refractivity contribution in [3.63, 3.8) is 0 Å². The predicted molar refractivity (Wildman–Crippen MR) is 132 cm³/mol. The fourth-order valence-corrected chi connectivity index (χ4v) is 4.67. The minimum atomic E-state index is -0.326. The van der Waals surface area contributed by atoms with Gasteiger partial charge in [0, 0.05) is 68.0 Å². The number of nitrogens with zero attached hydrogens (tertiary/aromatic N) is 3. The summed E-state index contributed by atoms with van der Waals surface area (Å²) in [5.74, 6) is 0. The van der Waals surface area contributed by atoms with E-state index in [-0.39, 0.29) is 6.10 Å². The number of hydrogen-bond acceptors (Lipinski definition) is 3. The van der Waals surface area contributed by atoms with Crippen LogP contribution in [0.15, 0.2) is 54.6 Å². The fourth-order valence-electron chi connectivity index (χ4n) is 4.67. The third-order valence-electron chi connectivity index (χ3n) is 6.73. The second-order valence-electron chi connectivity index (χ2n) is 8.81. The molecule has 32 heavy (non-hydrogen) atoms. The lowest BCUT2D eigenvalue weighted by Gasteiger charge is -2.28. The number of fused-ring (bicyclic) bond motifs is 2. The Balaban J connectivity index is 0.000000186. The number of hydrogen-bond donors (Lipinski definition) is 1. The quantitative estimate of drug-likeness (QED) is 0.524. The summed E-state index contributed by atoms with van der Waals surface area (Å²) >= 11 is 0. The Hall–Kier alpha value is -2.60. The molecule has 170 valence electrons. The van der Waals surface area contributed by atoms with Gasteiger partial charge in [-0.1, -0.05) is 36.4 Å². The summed E-state index contributed by atoms with van der Waals surface area (Å²) in [5, 5.41) is 13.0. The van der Waals surface area contributed by atoms with Crippen LogP contribution in [-0.4, -0.2) is 58.1 Å². The Morgan fingerprint density at radius 3 is 2.28 bits per heavy atom. The predicted octanol–water partition coefficient (Wildman–Crippen LogP) is 4.21. The Kier molecular flexibility index (Phi) is 6.99. The minimum Gasteiger partial charge on any atom is -0.391 e. The van der Waals surface area contributed by atoms with E-state index in [0.29, 0.717) is 6.42 Å². The lowest BCUT2D eigenvalue weighted by atomic mass is 10.0. The molecule has 2 aromatic carbocycles. The van der Waals surface area contributed by atoms with Gasteiger partial charge in [0.1, 0.15) is 0 Å². The molecule has 0 amide bonds. The Morgan fingerprint density at radius 2 is 1.56 bits per heavy atom. The number of ether oxygens (including phenoxy) is 1. The van der Waals surface area contributed by atoms with E-state index in [1.54, 1.807) is 0 Å². The van der Waals surface area contributed by atoms with Gasteiger partial charge < -0.3 is 19.0 Å². The zero-order valence-electron chi connectivity index (χ0n) is 19.7. The number of para-hydroxylation sites is 2. The maximum Gasteiger partial charge on any atom is 0.0708 e. The molecule has 1 aliphatic rings. The highest BCUT2D eigenvalue weighted by Gasteiger charge is 2.18. The zero-order chi connectivity index (χ0) is 22.7. The van der Waals surface area contributed by atoms with Gasteiger partial charge >= 0.3 is 0 Å². The summed E-state index contributed by atoms with van der Waals surface area (Å²) < 4.78 is 9.77. The Labute approximate surface area is 190 Å². The van der Waals surface area contributed by atoms with Gasteiger partial charge in [-0.3, -0.25) is 4.90 Å². The van der Waals surface area contributed by atoms with Gasteiger partial charge in [0.15, 0.2) is 0 Å². The molecular weight excluding hydrogens is 398 g/mol. The molecule has 1 N–H and O–H groups in total. The fraction of sp³-hybridized carbons (Fsp3) is 0.407. The van der Waals surface area contributed by atoms with Gasteiger partial charge in [0.25, 0.3) is 0 Å². The number of aryl methyl sites for hydroxylation is 3. The highest BCUT2D eigenvalue weighted by atomic mass is 16.5. The first-order chi connectivity index (χ1) is 15.5. The summed E-state index contributed by atoms with van der Waals surface area (Å²) in [7, 11) is 4.19. The maximum absolute atomic E-state index is 10.5. The average Bonchev–Trinajstić information content (AvgIpc) is 3.23. The van der Waals surface area contributed by atoms with Gasteiger partial charge in [-0.25, -0.2) is 0 Å². The molecule has 0 saturated carbocycles. The van der Waals surface area contributed by atoms with Crippen LogP contribution < -0.4 is 0 Å². The van der Waals surface area contributed by atoms with Crippen LogP contribution in [-0.2, 0) is 25.3 Å². The molecule has 0 spiro atoms. The van der Waals surface area contributed by atoms with Crippen molar-refractivity contribution in [2.24, 2.45) is 14.1 Å². The van der Waals surface area contributed by atoms with Crippen LogP contribution >= 0.6 is 0 Å². The first kappa shape index (κ1) is 22.6. The molecule has 0 bridgehead atoms. The highest BCUT2D eigenvalue weighted by Crippen LogP contribution is 2.26. The molecule has 5 rings (SSSR count). The monoisotopic (exact) mass is 433 g/mol. The molecular formula is C27H35N3O2. The highest BCUT2D eigenvalue weighted by molar-refractivity contribution is 5.85. The third-order valence-corrected chi connectivity index (χ3v) is 6.73. The van der Waals surface area contributed by atoms with Crippen molar-refractivity contribution in [2.45, 2.75) is 26.4 Å². The number of benzene rings is 2. The summed E-state index contributed by atoms with van der Waals surface area (Å²) in [6, 6.07) is 19.1. The van der Waals surface area contributed by atoms with Crippen molar-refractivity contribution in [1.29, 1.82) is 0 Å². The third kappa shape index (κ3) is 4.75. The summed E-state index contributed by atoms with van der Waals surface area (Å²) in [6.07, 6.45) is 0.387. The topological polar surface area (TPSA) is 42.6 Å². The first-order valence-electron chi connectivity index (χ1n) is 11.5. The van der Waals surface area contributed by atoms with Crippen LogP contribution in [0.2, 0.25) is 0 Å². The van der Waals surface area contributed by atoms with Gasteiger partial charge in [-0.15, -0.1) is 0 Å². The van der Waals surface area contributed by atoms with Crippen LogP contribution in [0.3, 0.4) is 0 Å². The molecule has 5 nitrogen and oxygen atoms in total. The number of rotatable bonds is 4. The standard InChI is InChI=1S/C17H24N2O2.C10H11N/c1-13-16(15-5-3-4-6-17(15)18(13)2)11-14(20)12-19-7-9-21-10-8-19;1-8-7-9-5-3-4-6-10(9)11(8)2/h3-6,14,20H,7-12H2,1-2H3;3-7H,1-2H3. The first-order valence-corrected chi connectivity index (χ1v) is 11.5. The van der Waals surface area contributed by atoms with Gasteiger partial charge in [-0.2, -0.15) is 0 Å². The Bertz CT molecular complexity index is 1180. The lowest BCUT2D eigenvalue weighted by molar-refractivity contribution is 0.0149.